The third-order valence-corrected chi connectivity index (χ3v) is 3.57. The fourth-order valence-electron chi connectivity index (χ4n) is 1.61. The first kappa shape index (κ1) is 11.9. The first-order chi connectivity index (χ1) is 8.06. The average molecular weight is 251 g/mol. The minimum Gasteiger partial charge on any atom is -0.368 e. The molecule has 0 saturated carbocycles. The van der Waals surface area contributed by atoms with Crippen molar-refractivity contribution in [1.82, 2.24) is 0 Å². The largest absolute Gasteiger partial charge is 0.368 e. The van der Waals surface area contributed by atoms with E-state index in [-0.39, 0.29) is 5.91 Å². The standard InChI is InChI=1S/C11H13N3O2S/c12-7(11(13)16)3-6-1-2-9-8(4-6)14-10(15)5-17-9/h1-2,4,7H,3,5,12H2,(H2,13,16)(H,14,15). The van der Waals surface area contributed by atoms with Crippen molar-refractivity contribution in [2.45, 2.75) is 17.4 Å². The number of nitrogens with one attached hydrogen (secondary N) is 1. The van der Waals surface area contributed by atoms with E-state index >= 15 is 0 Å². The summed E-state index contributed by atoms with van der Waals surface area (Å²) in [6.45, 7) is 0. The SMILES string of the molecule is NC(=O)C(N)Cc1ccc2c(c1)NC(=O)CS2. The molecule has 2 rings (SSSR count). The normalized spacial score (nSPS) is 15.9. The van der Waals surface area contributed by atoms with Crippen LogP contribution in [0.4, 0.5) is 5.69 Å². The van der Waals surface area contributed by atoms with Crippen LogP contribution in [0.5, 0.6) is 0 Å². The second-order valence-corrected chi connectivity index (χ2v) is 4.90. The minimum absolute atomic E-state index is 0.0150. The highest BCUT2D eigenvalue weighted by Gasteiger charge is 2.17. The molecule has 1 aromatic rings. The van der Waals surface area contributed by atoms with Crippen LogP contribution in [0, 0.1) is 0 Å². The van der Waals surface area contributed by atoms with E-state index in [1.54, 1.807) is 0 Å². The second-order valence-electron chi connectivity index (χ2n) is 3.88. The van der Waals surface area contributed by atoms with Crippen molar-refractivity contribution in [3.63, 3.8) is 0 Å². The fraction of sp³-hybridized carbons (Fsp3) is 0.273. The molecule has 1 atom stereocenters. The number of amides is 2. The van der Waals surface area contributed by atoms with Crippen molar-refractivity contribution in [3.8, 4) is 0 Å². The van der Waals surface area contributed by atoms with Crippen LogP contribution in [-0.2, 0) is 16.0 Å². The number of hydrogen-bond acceptors (Lipinski definition) is 4. The Kier molecular flexibility index (Phi) is 3.35. The van der Waals surface area contributed by atoms with Gasteiger partial charge in [0.1, 0.15) is 0 Å². The van der Waals surface area contributed by atoms with E-state index in [1.165, 1.54) is 11.8 Å². The summed E-state index contributed by atoms with van der Waals surface area (Å²) in [7, 11) is 0. The van der Waals surface area contributed by atoms with Crippen LogP contribution in [0.2, 0.25) is 0 Å². The van der Waals surface area contributed by atoms with Crippen molar-refractivity contribution in [2.24, 2.45) is 11.5 Å². The van der Waals surface area contributed by atoms with E-state index in [2.05, 4.69) is 5.32 Å². The fourth-order valence-corrected chi connectivity index (χ4v) is 2.40. The highest BCUT2D eigenvalue weighted by atomic mass is 32.2. The molecule has 0 aliphatic carbocycles. The number of carbonyl (C=O) groups excluding carboxylic acids is 2. The summed E-state index contributed by atoms with van der Waals surface area (Å²) in [5, 5.41) is 2.79. The summed E-state index contributed by atoms with van der Waals surface area (Å²) in [4.78, 5) is 23.1. The van der Waals surface area contributed by atoms with Crippen molar-refractivity contribution in [3.05, 3.63) is 23.8 Å². The Bertz CT molecular complexity index is 476. The van der Waals surface area contributed by atoms with Gasteiger partial charge in [0, 0.05) is 4.90 Å². The molecule has 17 heavy (non-hydrogen) atoms. The topological polar surface area (TPSA) is 98.2 Å². The number of hydrogen-bond donors (Lipinski definition) is 3. The molecule has 2 amide bonds. The Morgan fingerprint density at radius 1 is 1.53 bits per heavy atom. The molecule has 0 aromatic heterocycles. The van der Waals surface area contributed by atoms with E-state index in [0.29, 0.717) is 12.2 Å². The van der Waals surface area contributed by atoms with Crippen LogP contribution in [0.25, 0.3) is 0 Å². The summed E-state index contributed by atoms with van der Waals surface area (Å²) < 4.78 is 0. The predicted molar refractivity (Wildman–Crippen MR) is 66.7 cm³/mol. The highest BCUT2D eigenvalue weighted by molar-refractivity contribution is 8.00. The van der Waals surface area contributed by atoms with Crippen LogP contribution in [0.1, 0.15) is 5.56 Å². The predicted octanol–water partition coefficient (Wildman–Crippen LogP) is 0.0859. The van der Waals surface area contributed by atoms with Crippen LogP contribution in [-0.4, -0.2) is 23.6 Å². The zero-order chi connectivity index (χ0) is 12.4. The molecule has 5 N–H and O–H groups in total. The van der Waals surface area contributed by atoms with E-state index < -0.39 is 11.9 Å². The van der Waals surface area contributed by atoms with Gasteiger partial charge in [-0.15, -0.1) is 11.8 Å². The summed E-state index contributed by atoms with van der Waals surface area (Å²) in [6, 6.07) is 4.96. The Labute approximate surface area is 103 Å². The Morgan fingerprint density at radius 3 is 3.00 bits per heavy atom. The molecular formula is C11H13N3O2S. The summed E-state index contributed by atoms with van der Waals surface area (Å²) in [5.74, 6) is -0.104. The lowest BCUT2D eigenvalue weighted by Crippen LogP contribution is -2.38. The number of thioether (sulfide) groups is 1. The number of fused-ring (bicyclic) bond motifs is 1. The molecule has 0 radical (unpaired) electrons. The molecule has 1 heterocycles. The first-order valence-corrected chi connectivity index (χ1v) is 6.15. The highest BCUT2D eigenvalue weighted by Crippen LogP contribution is 2.32. The lowest BCUT2D eigenvalue weighted by atomic mass is 10.1. The van der Waals surface area contributed by atoms with Gasteiger partial charge >= 0.3 is 0 Å². The van der Waals surface area contributed by atoms with Gasteiger partial charge in [-0.1, -0.05) is 6.07 Å². The van der Waals surface area contributed by atoms with Crippen LogP contribution >= 0.6 is 11.8 Å². The van der Waals surface area contributed by atoms with Gasteiger partial charge in [-0.2, -0.15) is 0 Å². The number of nitrogens with two attached hydrogens (primary N) is 2. The maximum absolute atomic E-state index is 11.2. The van der Waals surface area contributed by atoms with Gasteiger partial charge in [-0.3, -0.25) is 9.59 Å². The number of rotatable bonds is 3. The summed E-state index contributed by atoms with van der Waals surface area (Å²) in [6.07, 6.45) is 0.378. The smallest absolute Gasteiger partial charge is 0.234 e. The van der Waals surface area contributed by atoms with Crippen molar-refractivity contribution in [1.29, 1.82) is 0 Å². The molecule has 0 fully saturated rings. The molecule has 90 valence electrons. The molecule has 0 saturated heterocycles. The van der Waals surface area contributed by atoms with Crippen molar-refractivity contribution >= 4 is 29.3 Å². The monoisotopic (exact) mass is 251 g/mol. The third-order valence-electron chi connectivity index (χ3n) is 2.50. The second kappa shape index (κ2) is 4.77. The third kappa shape index (κ3) is 2.78. The molecule has 6 heteroatoms. The van der Waals surface area contributed by atoms with Crippen molar-refractivity contribution < 1.29 is 9.59 Å². The van der Waals surface area contributed by atoms with Gasteiger partial charge in [0.2, 0.25) is 11.8 Å². The molecule has 1 aliphatic rings. The molecule has 0 spiro atoms. The quantitative estimate of drug-likeness (QED) is 0.709. The lowest BCUT2D eigenvalue weighted by Gasteiger charge is -2.17. The van der Waals surface area contributed by atoms with Gasteiger partial charge in [0.05, 0.1) is 17.5 Å². The van der Waals surface area contributed by atoms with E-state index in [9.17, 15) is 9.59 Å². The van der Waals surface area contributed by atoms with Gasteiger partial charge in [0.25, 0.3) is 0 Å². The summed E-state index contributed by atoms with van der Waals surface area (Å²) >= 11 is 1.50. The van der Waals surface area contributed by atoms with E-state index in [1.807, 2.05) is 18.2 Å². The number of benzene rings is 1. The molecule has 5 nitrogen and oxygen atoms in total. The van der Waals surface area contributed by atoms with Gasteiger partial charge in [0.15, 0.2) is 0 Å². The Hall–Kier alpha value is -1.53. The zero-order valence-electron chi connectivity index (χ0n) is 9.10. The maximum Gasteiger partial charge on any atom is 0.234 e. The van der Waals surface area contributed by atoms with Crippen LogP contribution < -0.4 is 16.8 Å². The van der Waals surface area contributed by atoms with Gasteiger partial charge < -0.3 is 16.8 Å². The molecule has 1 unspecified atom stereocenters. The average Bonchev–Trinajstić information content (AvgIpc) is 2.28. The van der Waals surface area contributed by atoms with E-state index in [4.69, 9.17) is 11.5 Å². The van der Waals surface area contributed by atoms with Crippen LogP contribution in [0.15, 0.2) is 23.1 Å². The molecule has 0 bridgehead atoms. The van der Waals surface area contributed by atoms with E-state index in [0.717, 1.165) is 16.1 Å². The number of carbonyl (C=O) groups is 2. The molecule has 1 aliphatic heterocycles. The first-order valence-electron chi connectivity index (χ1n) is 5.17. The molecule has 1 aromatic carbocycles. The van der Waals surface area contributed by atoms with Crippen LogP contribution in [0.3, 0.4) is 0 Å². The van der Waals surface area contributed by atoms with Gasteiger partial charge in [-0.25, -0.2) is 0 Å². The number of primary amides is 1. The Balaban J connectivity index is 2.18. The number of anilines is 1. The molecular weight excluding hydrogens is 238 g/mol. The minimum atomic E-state index is -0.694. The summed E-state index contributed by atoms with van der Waals surface area (Å²) in [5.41, 5.74) is 12.4. The Morgan fingerprint density at radius 2 is 2.29 bits per heavy atom. The zero-order valence-corrected chi connectivity index (χ0v) is 9.92. The van der Waals surface area contributed by atoms with Gasteiger partial charge in [-0.05, 0) is 24.1 Å². The maximum atomic E-state index is 11.2. The van der Waals surface area contributed by atoms with Crippen molar-refractivity contribution in [2.75, 3.05) is 11.1 Å². The lowest BCUT2D eigenvalue weighted by molar-refractivity contribution is -0.119.